The second-order valence-electron chi connectivity index (χ2n) is 5.27. The highest BCUT2D eigenvalue weighted by Gasteiger charge is 2.21. The summed E-state index contributed by atoms with van der Waals surface area (Å²) in [6, 6.07) is 8.27. The topological polar surface area (TPSA) is 12.0 Å². The summed E-state index contributed by atoms with van der Waals surface area (Å²) in [7, 11) is 0. The zero-order chi connectivity index (χ0) is 14.7. The SMILES string of the molecule is CC(NC(c1cccs1)C(C)C)c1cccc(F)c1F. The molecule has 4 heteroatoms. The first-order valence-electron chi connectivity index (χ1n) is 6.74. The second-order valence-corrected chi connectivity index (χ2v) is 6.25. The molecule has 0 bridgehead atoms. The first-order chi connectivity index (χ1) is 9.50. The molecule has 20 heavy (non-hydrogen) atoms. The van der Waals surface area contributed by atoms with E-state index in [9.17, 15) is 8.78 Å². The van der Waals surface area contributed by atoms with Crippen LogP contribution in [0, 0.1) is 17.6 Å². The predicted molar refractivity (Wildman–Crippen MR) is 79.8 cm³/mol. The van der Waals surface area contributed by atoms with Gasteiger partial charge in [-0.25, -0.2) is 8.78 Å². The summed E-state index contributed by atoms with van der Waals surface area (Å²) >= 11 is 1.67. The van der Waals surface area contributed by atoms with E-state index >= 15 is 0 Å². The standard InChI is InChI=1S/C16H19F2NS/c1-10(2)16(14-8-5-9-20-14)19-11(3)12-6-4-7-13(17)15(12)18/h4-11,16,19H,1-3H3. The maximum atomic E-state index is 13.8. The predicted octanol–water partition coefficient (Wildman–Crippen LogP) is 5.07. The van der Waals surface area contributed by atoms with Gasteiger partial charge in [0.15, 0.2) is 11.6 Å². The first-order valence-corrected chi connectivity index (χ1v) is 7.62. The Morgan fingerprint density at radius 1 is 1.05 bits per heavy atom. The normalized spacial score (nSPS) is 14.5. The maximum Gasteiger partial charge on any atom is 0.163 e. The fourth-order valence-electron chi connectivity index (χ4n) is 2.29. The van der Waals surface area contributed by atoms with Crippen LogP contribution in [0.4, 0.5) is 8.78 Å². The number of hydrogen-bond donors (Lipinski definition) is 1. The molecule has 0 fully saturated rings. The Labute approximate surface area is 122 Å². The molecule has 0 radical (unpaired) electrons. The minimum Gasteiger partial charge on any atom is -0.302 e. The van der Waals surface area contributed by atoms with Gasteiger partial charge in [0.2, 0.25) is 0 Å². The lowest BCUT2D eigenvalue weighted by atomic mass is 9.99. The molecule has 0 saturated carbocycles. The fraction of sp³-hybridized carbons (Fsp3) is 0.375. The molecular formula is C16H19F2NS. The van der Waals surface area contributed by atoms with Gasteiger partial charge in [-0.15, -0.1) is 11.3 Å². The number of rotatable bonds is 5. The lowest BCUT2D eigenvalue weighted by Gasteiger charge is -2.26. The van der Waals surface area contributed by atoms with Crippen molar-refractivity contribution in [3.8, 4) is 0 Å². The molecular weight excluding hydrogens is 276 g/mol. The molecule has 1 aromatic heterocycles. The van der Waals surface area contributed by atoms with Crippen molar-refractivity contribution in [2.75, 3.05) is 0 Å². The van der Waals surface area contributed by atoms with Gasteiger partial charge < -0.3 is 5.32 Å². The van der Waals surface area contributed by atoms with E-state index < -0.39 is 11.6 Å². The van der Waals surface area contributed by atoms with E-state index in [1.165, 1.54) is 4.88 Å². The Hall–Kier alpha value is -1.26. The van der Waals surface area contributed by atoms with Gasteiger partial charge in [-0.2, -0.15) is 0 Å². The Morgan fingerprint density at radius 2 is 1.80 bits per heavy atom. The number of benzene rings is 1. The second kappa shape index (κ2) is 6.46. The van der Waals surface area contributed by atoms with E-state index in [0.29, 0.717) is 11.5 Å². The van der Waals surface area contributed by atoms with Crippen molar-refractivity contribution < 1.29 is 8.78 Å². The van der Waals surface area contributed by atoms with Crippen LogP contribution >= 0.6 is 11.3 Å². The average molecular weight is 295 g/mol. The quantitative estimate of drug-likeness (QED) is 0.811. The van der Waals surface area contributed by atoms with Gasteiger partial charge in [0, 0.05) is 22.5 Å². The molecule has 0 spiro atoms. The highest BCUT2D eigenvalue weighted by Crippen LogP contribution is 2.29. The monoisotopic (exact) mass is 295 g/mol. The summed E-state index contributed by atoms with van der Waals surface area (Å²) in [5.74, 6) is -1.19. The molecule has 1 N–H and O–H groups in total. The Bertz CT molecular complexity index is 552. The van der Waals surface area contributed by atoms with Crippen LogP contribution in [0.25, 0.3) is 0 Å². The van der Waals surface area contributed by atoms with Gasteiger partial charge in [0.05, 0.1) is 0 Å². The van der Waals surface area contributed by atoms with Crippen LogP contribution in [0.3, 0.4) is 0 Å². The van der Waals surface area contributed by atoms with Gasteiger partial charge >= 0.3 is 0 Å². The Balaban J connectivity index is 2.21. The minimum atomic E-state index is -0.798. The fourth-order valence-corrected chi connectivity index (χ4v) is 3.24. The van der Waals surface area contributed by atoms with E-state index in [1.807, 2.05) is 18.4 Å². The number of nitrogens with one attached hydrogen (secondary N) is 1. The van der Waals surface area contributed by atoms with E-state index in [-0.39, 0.29) is 12.1 Å². The van der Waals surface area contributed by atoms with Crippen molar-refractivity contribution in [3.05, 3.63) is 57.8 Å². The molecule has 1 heterocycles. The number of hydrogen-bond acceptors (Lipinski definition) is 2. The zero-order valence-corrected chi connectivity index (χ0v) is 12.7. The molecule has 0 amide bonds. The molecule has 2 unspecified atom stereocenters. The van der Waals surface area contributed by atoms with Crippen LogP contribution in [0.2, 0.25) is 0 Å². The summed E-state index contributed by atoms with van der Waals surface area (Å²) in [5.41, 5.74) is 0.368. The molecule has 2 aromatic rings. The van der Waals surface area contributed by atoms with Gasteiger partial charge in [-0.1, -0.05) is 32.0 Å². The number of thiophene rings is 1. The third-order valence-electron chi connectivity index (χ3n) is 3.39. The van der Waals surface area contributed by atoms with E-state index in [4.69, 9.17) is 0 Å². The molecule has 1 aromatic carbocycles. The highest BCUT2D eigenvalue weighted by molar-refractivity contribution is 7.10. The molecule has 0 aliphatic rings. The van der Waals surface area contributed by atoms with E-state index in [1.54, 1.807) is 23.5 Å². The molecule has 0 aliphatic carbocycles. The van der Waals surface area contributed by atoms with Crippen molar-refractivity contribution in [2.45, 2.75) is 32.9 Å². The van der Waals surface area contributed by atoms with Crippen LogP contribution in [0.15, 0.2) is 35.7 Å². The van der Waals surface area contributed by atoms with Gasteiger partial charge in [-0.3, -0.25) is 0 Å². The van der Waals surface area contributed by atoms with Crippen LogP contribution < -0.4 is 5.32 Å². The molecule has 1 nitrogen and oxygen atoms in total. The zero-order valence-electron chi connectivity index (χ0n) is 11.9. The third kappa shape index (κ3) is 3.25. The summed E-state index contributed by atoms with van der Waals surface area (Å²) in [6.07, 6.45) is 0. The van der Waals surface area contributed by atoms with Crippen molar-refractivity contribution in [1.29, 1.82) is 0 Å². The highest BCUT2D eigenvalue weighted by atomic mass is 32.1. The van der Waals surface area contributed by atoms with E-state index in [2.05, 4.69) is 25.2 Å². The van der Waals surface area contributed by atoms with E-state index in [0.717, 1.165) is 6.07 Å². The summed E-state index contributed by atoms with van der Waals surface area (Å²) in [4.78, 5) is 1.21. The largest absolute Gasteiger partial charge is 0.302 e. The van der Waals surface area contributed by atoms with Crippen LogP contribution in [-0.4, -0.2) is 0 Å². The Morgan fingerprint density at radius 3 is 2.40 bits per heavy atom. The molecule has 0 aliphatic heterocycles. The first kappa shape index (κ1) is 15.1. The van der Waals surface area contributed by atoms with Gasteiger partial charge in [0.1, 0.15) is 0 Å². The molecule has 2 rings (SSSR count). The summed E-state index contributed by atoms with van der Waals surface area (Å²) in [6.45, 7) is 6.10. The lowest BCUT2D eigenvalue weighted by Crippen LogP contribution is -2.28. The van der Waals surface area contributed by atoms with Crippen molar-refractivity contribution >= 4 is 11.3 Å². The van der Waals surface area contributed by atoms with Crippen molar-refractivity contribution in [3.63, 3.8) is 0 Å². The molecule has 2 atom stereocenters. The minimum absolute atomic E-state index is 0.132. The van der Waals surface area contributed by atoms with Gasteiger partial charge in [-0.05, 0) is 30.4 Å². The molecule has 108 valence electrons. The smallest absolute Gasteiger partial charge is 0.163 e. The van der Waals surface area contributed by atoms with Crippen molar-refractivity contribution in [1.82, 2.24) is 5.32 Å². The molecule has 0 saturated heterocycles. The van der Waals surface area contributed by atoms with Crippen LogP contribution in [0.1, 0.15) is 43.3 Å². The van der Waals surface area contributed by atoms with Crippen LogP contribution in [-0.2, 0) is 0 Å². The Kier molecular flexibility index (Phi) is 4.89. The third-order valence-corrected chi connectivity index (χ3v) is 4.35. The number of halogens is 2. The van der Waals surface area contributed by atoms with Crippen molar-refractivity contribution in [2.24, 2.45) is 5.92 Å². The average Bonchev–Trinajstić information content (AvgIpc) is 2.92. The summed E-state index contributed by atoms with van der Waals surface area (Å²) in [5, 5.41) is 5.43. The maximum absolute atomic E-state index is 13.8. The summed E-state index contributed by atoms with van der Waals surface area (Å²) < 4.78 is 27.1. The lowest BCUT2D eigenvalue weighted by molar-refractivity contribution is 0.370. The van der Waals surface area contributed by atoms with Gasteiger partial charge in [0.25, 0.3) is 0 Å². The van der Waals surface area contributed by atoms with Crippen LogP contribution in [0.5, 0.6) is 0 Å².